The fraction of sp³-hybridized carbons (Fsp3) is 0.692. The number of rotatable bonds is 4. The van der Waals surface area contributed by atoms with E-state index < -0.39 is 0 Å². The van der Waals surface area contributed by atoms with Gasteiger partial charge in [-0.05, 0) is 44.7 Å². The molecule has 1 aromatic heterocycles. The molecule has 3 rings (SSSR count). The van der Waals surface area contributed by atoms with Crippen LogP contribution in [-0.2, 0) is 0 Å². The maximum Gasteiger partial charge on any atom is 0.151 e. The molecule has 1 aromatic rings. The van der Waals surface area contributed by atoms with Gasteiger partial charge >= 0.3 is 0 Å². The van der Waals surface area contributed by atoms with Crippen molar-refractivity contribution in [3.8, 4) is 0 Å². The van der Waals surface area contributed by atoms with E-state index in [0.717, 1.165) is 30.6 Å². The number of hydrogen-bond acceptors (Lipinski definition) is 4. The standard InChI is InChI=1S/C13H20N4/c1-10-4-7-13(16-15-10)17-8-2-3-12(17)9-14-11-5-6-11/h4,7,11-12,14H,2-3,5-6,8-9H2,1H3. The summed E-state index contributed by atoms with van der Waals surface area (Å²) >= 11 is 0. The average Bonchev–Trinajstić information content (AvgIpc) is 3.06. The molecule has 0 bridgehead atoms. The zero-order chi connectivity index (χ0) is 11.7. The second kappa shape index (κ2) is 4.61. The molecule has 1 aliphatic heterocycles. The number of anilines is 1. The van der Waals surface area contributed by atoms with E-state index >= 15 is 0 Å². The molecule has 2 aliphatic rings. The Kier molecular flexibility index (Phi) is 2.97. The quantitative estimate of drug-likeness (QED) is 0.854. The first kappa shape index (κ1) is 11.0. The Morgan fingerprint density at radius 3 is 2.88 bits per heavy atom. The molecule has 0 amide bonds. The fourth-order valence-electron chi connectivity index (χ4n) is 2.48. The van der Waals surface area contributed by atoms with Crippen LogP contribution < -0.4 is 10.2 Å². The van der Waals surface area contributed by atoms with Crippen LogP contribution in [0.1, 0.15) is 31.4 Å². The molecule has 1 saturated carbocycles. The number of aromatic nitrogens is 2. The van der Waals surface area contributed by atoms with Gasteiger partial charge in [0.05, 0.1) is 5.69 Å². The topological polar surface area (TPSA) is 41.0 Å². The van der Waals surface area contributed by atoms with Crippen molar-refractivity contribution >= 4 is 5.82 Å². The third-order valence-electron chi connectivity index (χ3n) is 3.67. The van der Waals surface area contributed by atoms with E-state index in [1.807, 2.05) is 13.0 Å². The molecule has 92 valence electrons. The van der Waals surface area contributed by atoms with Crippen LogP contribution in [0.5, 0.6) is 0 Å². The molecule has 1 aliphatic carbocycles. The maximum atomic E-state index is 4.30. The molecular weight excluding hydrogens is 212 g/mol. The van der Waals surface area contributed by atoms with E-state index in [1.165, 1.54) is 25.7 Å². The Morgan fingerprint density at radius 1 is 1.29 bits per heavy atom. The van der Waals surface area contributed by atoms with Crippen LogP contribution in [0.3, 0.4) is 0 Å². The average molecular weight is 232 g/mol. The summed E-state index contributed by atoms with van der Waals surface area (Å²) in [5, 5.41) is 12.1. The fourth-order valence-corrected chi connectivity index (χ4v) is 2.48. The minimum Gasteiger partial charge on any atom is -0.351 e. The van der Waals surface area contributed by atoms with Crippen LogP contribution in [-0.4, -0.2) is 35.4 Å². The van der Waals surface area contributed by atoms with Crippen molar-refractivity contribution in [1.29, 1.82) is 0 Å². The lowest BCUT2D eigenvalue weighted by atomic mass is 10.2. The molecule has 0 spiro atoms. The van der Waals surface area contributed by atoms with E-state index in [2.05, 4.69) is 26.5 Å². The van der Waals surface area contributed by atoms with Crippen LogP contribution in [0.25, 0.3) is 0 Å². The van der Waals surface area contributed by atoms with Gasteiger partial charge in [0, 0.05) is 25.2 Å². The van der Waals surface area contributed by atoms with Gasteiger partial charge in [0.2, 0.25) is 0 Å². The Hall–Kier alpha value is -1.16. The smallest absolute Gasteiger partial charge is 0.151 e. The highest BCUT2D eigenvalue weighted by Crippen LogP contribution is 2.24. The van der Waals surface area contributed by atoms with Gasteiger partial charge in [-0.1, -0.05) is 0 Å². The van der Waals surface area contributed by atoms with Gasteiger partial charge in [-0.15, -0.1) is 5.10 Å². The SMILES string of the molecule is Cc1ccc(N2CCCC2CNC2CC2)nn1. The first-order valence-electron chi connectivity index (χ1n) is 6.63. The monoisotopic (exact) mass is 232 g/mol. The summed E-state index contributed by atoms with van der Waals surface area (Å²) < 4.78 is 0. The lowest BCUT2D eigenvalue weighted by Crippen LogP contribution is -2.39. The molecule has 1 saturated heterocycles. The van der Waals surface area contributed by atoms with Gasteiger partial charge < -0.3 is 10.2 Å². The van der Waals surface area contributed by atoms with Crippen molar-refractivity contribution < 1.29 is 0 Å². The number of nitrogens with zero attached hydrogens (tertiary/aromatic N) is 3. The summed E-state index contributed by atoms with van der Waals surface area (Å²) in [7, 11) is 0. The molecule has 2 fully saturated rings. The highest BCUT2D eigenvalue weighted by Gasteiger charge is 2.28. The summed E-state index contributed by atoms with van der Waals surface area (Å²) in [6.07, 6.45) is 5.26. The van der Waals surface area contributed by atoms with Crippen LogP contribution in [0, 0.1) is 6.92 Å². The lowest BCUT2D eigenvalue weighted by molar-refractivity contribution is 0.567. The first-order chi connectivity index (χ1) is 8.33. The van der Waals surface area contributed by atoms with E-state index in [-0.39, 0.29) is 0 Å². The zero-order valence-corrected chi connectivity index (χ0v) is 10.4. The second-order valence-electron chi connectivity index (χ2n) is 5.20. The van der Waals surface area contributed by atoms with Crippen molar-refractivity contribution in [2.75, 3.05) is 18.0 Å². The van der Waals surface area contributed by atoms with Crippen molar-refractivity contribution in [3.05, 3.63) is 17.8 Å². The van der Waals surface area contributed by atoms with E-state index in [4.69, 9.17) is 0 Å². The molecule has 2 heterocycles. The third-order valence-corrected chi connectivity index (χ3v) is 3.67. The van der Waals surface area contributed by atoms with E-state index in [1.54, 1.807) is 0 Å². The van der Waals surface area contributed by atoms with Gasteiger partial charge in [-0.3, -0.25) is 0 Å². The Morgan fingerprint density at radius 2 is 2.18 bits per heavy atom. The van der Waals surface area contributed by atoms with Crippen molar-refractivity contribution in [2.45, 2.75) is 44.7 Å². The zero-order valence-electron chi connectivity index (χ0n) is 10.4. The maximum absolute atomic E-state index is 4.30. The van der Waals surface area contributed by atoms with Crippen molar-refractivity contribution in [2.24, 2.45) is 0 Å². The summed E-state index contributed by atoms with van der Waals surface area (Å²) in [5.74, 6) is 1.04. The lowest BCUT2D eigenvalue weighted by Gasteiger charge is -2.25. The van der Waals surface area contributed by atoms with Crippen LogP contribution >= 0.6 is 0 Å². The van der Waals surface area contributed by atoms with Crippen LogP contribution in [0.2, 0.25) is 0 Å². The summed E-state index contributed by atoms with van der Waals surface area (Å²) in [4.78, 5) is 2.40. The van der Waals surface area contributed by atoms with Gasteiger partial charge in [-0.25, -0.2) is 0 Å². The summed E-state index contributed by atoms with van der Waals surface area (Å²) in [5.41, 5.74) is 0.987. The minimum absolute atomic E-state index is 0.604. The van der Waals surface area contributed by atoms with Crippen LogP contribution in [0.4, 0.5) is 5.82 Å². The number of nitrogens with one attached hydrogen (secondary N) is 1. The van der Waals surface area contributed by atoms with Gasteiger partial charge in [0.1, 0.15) is 0 Å². The Labute approximate surface area is 102 Å². The Bertz CT molecular complexity index is 372. The largest absolute Gasteiger partial charge is 0.351 e. The number of aryl methyl sites for hydroxylation is 1. The molecule has 4 nitrogen and oxygen atoms in total. The Balaban J connectivity index is 1.65. The van der Waals surface area contributed by atoms with Crippen molar-refractivity contribution in [3.63, 3.8) is 0 Å². The highest BCUT2D eigenvalue weighted by atomic mass is 15.3. The molecule has 0 radical (unpaired) electrons. The summed E-state index contributed by atoms with van der Waals surface area (Å²) in [6.45, 7) is 4.20. The molecule has 17 heavy (non-hydrogen) atoms. The highest BCUT2D eigenvalue weighted by molar-refractivity contribution is 5.40. The van der Waals surface area contributed by atoms with Gasteiger partial charge in [0.25, 0.3) is 0 Å². The summed E-state index contributed by atoms with van der Waals surface area (Å²) in [6, 6.07) is 5.54. The van der Waals surface area contributed by atoms with Crippen molar-refractivity contribution in [1.82, 2.24) is 15.5 Å². The van der Waals surface area contributed by atoms with Crippen LogP contribution in [0.15, 0.2) is 12.1 Å². The molecule has 1 N–H and O–H groups in total. The normalized spacial score (nSPS) is 24.3. The second-order valence-corrected chi connectivity index (χ2v) is 5.20. The molecular formula is C13H20N4. The predicted octanol–water partition coefficient (Wildman–Crippen LogP) is 1.51. The first-order valence-corrected chi connectivity index (χ1v) is 6.63. The van der Waals surface area contributed by atoms with E-state index in [9.17, 15) is 0 Å². The number of hydrogen-bond donors (Lipinski definition) is 1. The predicted molar refractivity (Wildman–Crippen MR) is 68.2 cm³/mol. The molecule has 1 atom stereocenters. The van der Waals surface area contributed by atoms with E-state index in [0.29, 0.717) is 6.04 Å². The van der Waals surface area contributed by atoms with Gasteiger partial charge in [-0.2, -0.15) is 5.10 Å². The third kappa shape index (κ3) is 2.57. The molecule has 1 unspecified atom stereocenters. The molecule has 0 aromatic carbocycles. The molecule has 4 heteroatoms. The minimum atomic E-state index is 0.604. The van der Waals surface area contributed by atoms with Gasteiger partial charge in [0.15, 0.2) is 5.82 Å².